The molecule has 4 aromatic rings. The molecule has 0 aliphatic carbocycles. The number of methoxy groups -OCH3 is 1. The molecule has 0 saturated carbocycles. The summed E-state index contributed by atoms with van der Waals surface area (Å²) in [5.74, 6) is 1.79. The van der Waals surface area contributed by atoms with Gasteiger partial charge in [-0.05, 0) is 47.5 Å². The largest absolute Gasteiger partial charge is 0.497 e. The van der Waals surface area contributed by atoms with E-state index in [1.165, 1.54) is 0 Å². The van der Waals surface area contributed by atoms with Gasteiger partial charge in [0.1, 0.15) is 11.5 Å². The molecule has 2 heterocycles. The lowest BCUT2D eigenvalue weighted by Crippen LogP contribution is -2.28. The van der Waals surface area contributed by atoms with Crippen LogP contribution in [0.4, 0.5) is 10.5 Å². The molecule has 8 heteroatoms. The van der Waals surface area contributed by atoms with Gasteiger partial charge in [-0.1, -0.05) is 18.2 Å². The number of hydrogen-bond acceptors (Lipinski definition) is 5. The zero-order chi connectivity index (χ0) is 21.5. The first-order chi connectivity index (χ1) is 15.2. The third kappa shape index (κ3) is 5.18. The molecule has 0 atom stereocenters. The summed E-state index contributed by atoms with van der Waals surface area (Å²) in [6.45, 7) is 0.356. The van der Waals surface area contributed by atoms with E-state index in [1.807, 2.05) is 36.4 Å². The van der Waals surface area contributed by atoms with Crippen molar-refractivity contribution in [3.8, 4) is 28.4 Å². The van der Waals surface area contributed by atoms with Crippen molar-refractivity contribution in [2.45, 2.75) is 6.54 Å². The molecular formula is C23H21N5O3. The van der Waals surface area contributed by atoms with E-state index in [1.54, 1.807) is 50.1 Å². The molecule has 31 heavy (non-hydrogen) atoms. The number of amides is 2. The fourth-order valence-corrected chi connectivity index (χ4v) is 2.96. The summed E-state index contributed by atoms with van der Waals surface area (Å²) in [7, 11) is 1.61. The van der Waals surface area contributed by atoms with Gasteiger partial charge >= 0.3 is 6.03 Å². The molecule has 3 N–H and O–H groups in total. The van der Waals surface area contributed by atoms with Crippen LogP contribution in [0.2, 0.25) is 0 Å². The number of hydrogen-bond donors (Lipinski definition) is 3. The van der Waals surface area contributed by atoms with Crippen molar-refractivity contribution >= 4 is 11.7 Å². The lowest BCUT2D eigenvalue weighted by atomic mass is 10.1. The number of carbonyl (C=O) groups excluding carboxylic acids is 1. The van der Waals surface area contributed by atoms with Gasteiger partial charge in [-0.2, -0.15) is 5.10 Å². The van der Waals surface area contributed by atoms with E-state index in [2.05, 4.69) is 25.8 Å². The molecule has 0 bridgehead atoms. The van der Waals surface area contributed by atoms with Crippen LogP contribution in [0.15, 0.2) is 79.4 Å². The highest BCUT2D eigenvalue weighted by Gasteiger charge is 2.12. The molecular weight excluding hydrogens is 394 g/mol. The van der Waals surface area contributed by atoms with Crippen molar-refractivity contribution in [1.29, 1.82) is 0 Å². The van der Waals surface area contributed by atoms with Crippen molar-refractivity contribution in [2.24, 2.45) is 0 Å². The first-order valence-corrected chi connectivity index (χ1v) is 9.60. The van der Waals surface area contributed by atoms with Crippen LogP contribution in [0.5, 0.6) is 17.2 Å². The molecule has 0 saturated heterocycles. The van der Waals surface area contributed by atoms with Crippen molar-refractivity contribution in [3.63, 3.8) is 0 Å². The molecule has 0 unspecified atom stereocenters. The molecule has 2 aromatic heterocycles. The van der Waals surface area contributed by atoms with Crippen molar-refractivity contribution in [3.05, 3.63) is 84.9 Å². The van der Waals surface area contributed by atoms with Crippen LogP contribution in [0.1, 0.15) is 5.56 Å². The van der Waals surface area contributed by atoms with Gasteiger partial charge in [-0.15, -0.1) is 0 Å². The Morgan fingerprint density at radius 1 is 1.03 bits per heavy atom. The molecule has 0 fully saturated rings. The molecule has 0 radical (unpaired) electrons. The normalized spacial score (nSPS) is 10.4. The molecule has 8 nitrogen and oxygen atoms in total. The molecule has 2 aromatic carbocycles. The summed E-state index contributed by atoms with van der Waals surface area (Å²) >= 11 is 0. The minimum absolute atomic E-state index is 0.352. The van der Waals surface area contributed by atoms with Gasteiger partial charge in [0.2, 0.25) is 0 Å². The molecule has 4 rings (SSSR count). The molecule has 2 amide bonds. The Morgan fingerprint density at radius 3 is 2.71 bits per heavy atom. The van der Waals surface area contributed by atoms with E-state index in [0.717, 1.165) is 22.4 Å². The predicted molar refractivity (Wildman–Crippen MR) is 117 cm³/mol. The van der Waals surface area contributed by atoms with Gasteiger partial charge in [0.05, 0.1) is 25.2 Å². The van der Waals surface area contributed by atoms with Gasteiger partial charge in [0.15, 0.2) is 5.75 Å². The van der Waals surface area contributed by atoms with Crippen LogP contribution in [0, 0.1) is 0 Å². The number of H-pyrrole nitrogens is 1. The SMILES string of the molecule is COc1cccc(CNC(=O)Nc2ccc(-c3cn[nH]c3)cc2Oc2cccnc2)c1. The van der Waals surface area contributed by atoms with Crippen molar-refractivity contribution in [1.82, 2.24) is 20.5 Å². The van der Waals surface area contributed by atoms with Crippen molar-refractivity contribution in [2.75, 3.05) is 12.4 Å². The first kappa shape index (κ1) is 20.0. The Bertz CT molecular complexity index is 1150. The maximum absolute atomic E-state index is 12.5. The van der Waals surface area contributed by atoms with Gasteiger partial charge in [-0.3, -0.25) is 10.1 Å². The second-order valence-electron chi connectivity index (χ2n) is 6.65. The maximum Gasteiger partial charge on any atom is 0.319 e. The van der Waals surface area contributed by atoms with E-state index >= 15 is 0 Å². The number of aromatic amines is 1. The number of nitrogens with one attached hydrogen (secondary N) is 3. The first-order valence-electron chi connectivity index (χ1n) is 9.60. The number of ether oxygens (including phenoxy) is 2. The van der Waals surface area contributed by atoms with Gasteiger partial charge in [-0.25, -0.2) is 4.79 Å². The average Bonchev–Trinajstić information content (AvgIpc) is 3.35. The molecule has 0 aliphatic heterocycles. The number of carbonyl (C=O) groups is 1. The molecule has 156 valence electrons. The Hall–Kier alpha value is -4.33. The van der Waals surface area contributed by atoms with Crippen LogP contribution < -0.4 is 20.1 Å². The fourth-order valence-electron chi connectivity index (χ4n) is 2.96. The summed E-state index contributed by atoms with van der Waals surface area (Å²) in [6.07, 6.45) is 6.78. The highest BCUT2D eigenvalue weighted by molar-refractivity contribution is 5.91. The maximum atomic E-state index is 12.5. The third-order valence-corrected chi connectivity index (χ3v) is 4.51. The highest BCUT2D eigenvalue weighted by Crippen LogP contribution is 2.33. The second-order valence-corrected chi connectivity index (χ2v) is 6.65. The van der Waals surface area contributed by atoms with Crippen LogP contribution in [0.25, 0.3) is 11.1 Å². The number of anilines is 1. The quantitative estimate of drug-likeness (QED) is 0.410. The Labute approximate surface area is 179 Å². The summed E-state index contributed by atoms with van der Waals surface area (Å²) in [5, 5.41) is 12.5. The number of urea groups is 1. The molecule has 0 spiro atoms. The predicted octanol–water partition coefficient (Wildman–Crippen LogP) is 4.59. The summed E-state index contributed by atoms with van der Waals surface area (Å²) < 4.78 is 11.2. The number of pyridine rings is 1. The fraction of sp³-hybridized carbons (Fsp3) is 0.0870. The smallest absolute Gasteiger partial charge is 0.319 e. The zero-order valence-electron chi connectivity index (χ0n) is 16.8. The second kappa shape index (κ2) is 9.45. The minimum Gasteiger partial charge on any atom is -0.497 e. The number of rotatable bonds is 7. The lowest BCUT2D eigenvalue weighted by Gasteiger charge is -2.14. The van der Waals surface area contributed by atoms with E-state index in [0.29, 0.717) is 23.7 Å². The van der Waals surface area contributed by atoms with Gasteiger partial charge in [0, 0.05) is 24.5 Å². The number of benzene rings is 2. The Morgan fingerprint density at radius 2 is 1.94 bits per heavy atom. The van der Waals surface area contributed by atoms with Gasteiger partial charge in [0.25, 0.3) is 0 Å². The zero-order valence-corrected chi connectivity index (χ0v) is 16.8. The lowest BCUT2D eigenvalue weighted by molar-refractivity contribution is 0.251. The standard InChI is InChI=1S/C23H21N5O3/c1-30-19-5-2-4-16(10-19)12-25-23(29)28-21-8-7-17(18-13-26-27-14-18)11-22(21)31-20-6-3-9-24-15-20/h2-11,13-15H,12H2,1H3,(H,26,27)(H2,25,28,29). The van der Waals surface area contributed by atoms with E-state index in [4.69, 9.17) is 9.47 Å². The van der Waals surface area contributed by atoms with Crippen LogP contribution in [-0.2, 0) is 6.54 Å². The average molecular weight is 415 g/mol. The minimum atomic E-state index is -0.352. The van der Waals surface area contributed by atoms with E-state index in [-0.39, 0.29) is 6.03 Å². The van der Waals surface area contributed by atoms with E-state index < -0.39 is 0 Å². The number of aromatic nitrogens is 3. The third-order valence-electron chi connectivity index (χ3n) is 4.51. The van der Waals surface area contributed by atoms with E-state index in [9.17, 15) is 4.79 Å². The summed E-state index contributed by atoms with van der Waals surface area (Å²) in [4.78, 5) is 16.6. The Kier molecular flexibility index (Phi) is 6.08. The van der Waals surface area contributed by atoms with Gasteiger partial charge < -0.3 is 20.1 Å². The summed E-state index contributed by atoms with van der Waals surface area (Å²) in [5.41, 5.74) is 3.26. The highest BCUT2D eigenvalue weighted by atomic mass is 16.5. The van der Waals surface area contributed by atoms with Crippen LogP contribution in [0.3, 0.4) is 0 Å². The topological polar surface area (TPSA) is 101 Å². The van der Waals surface area contributed by atoms with Crippen LogP contribution in [-0.4, -0.2) is 28.3 Å². The summed E-state index contributed by atoms with van der Waals surface area (Å²) in [6, 6.07) is 16.3. The Balaban J connectivity index is 1.51. The number of nitrogens with zero attached hydrogens (tertiary/aromatic N) is 2. The monoisotopic (exact) mass is 415 g/mol. The van der Waals surface area contributed by atoms with Crippen LogP contribution >= 0.6 is 0 Å². The molecule has 0 aliphatic rings. The van der Waals surface area contributed by atoms with Crippen molar-refractivity contribution < 1.29 is 14.3 Å².